The van der Waals surface area contributed by atoms with E-state index in [2.05, 4.69) is 26.9 Å². The van der Waals surface area contributed by atoms with Gasteiger partial charge in [-0.3, -0.25) is 14.6 Å². The predicted octanol–water partition coefficient (Wildman–Crippen LogP) is 1.68. The molecule has 25 heavy (non-hydrogen) atoms. The van der Waals surface area contributed by atoms with Gasteiger partial charge in [-0.15, -0.1) is 0 Å². The molecule has 7 heteroatoms. The van der Waals surface area contributed by atoms with E-state index in [0.717, 1.165) is 51.4 Å². The first-order valence-corrected chi connectivity index (χ1v) is 9.69. The van der Waals surface area contributed by atoms with Gasteiger partial charge in [-0.1, -0.05) is 18.5 Å². The van der Waals surface area contributed by atoms with Crippen LogP contribution in [0.15, 0.2) is 4.52 Å². The smallest absolute Gasteiger partial charge is 0.236 e. The van der Waals surface area contributed by atoms with Crippen LogP contribution in [0.3, 0.4) is 0 Å². The van der Waals surface area contributed by atoms with E-state index in [1.165, 1.54) is 19.3 Å². The van der Waals surface area contributed by atoms with Crippen LogP contribution in [0.4, 0.5) is 0 Å². The number of aromatic nitrogens is 2. The maximum Gasteiger partial charge on any atom is 0.236 e. The molecular weight excluding hydrogens is 318 g/mol. The van der Waals surface area contributed by atoms with E-state index in [4.69, 9.17) is 4.52 Å². The van der Waals surface area contributed by atoms with Gasteiger partial charge >= 0.3 is 0 Å². The van der Waals surface area contributed by atoms with Crippen molar-refractivity contribution in [1.29, 1.82) is 0 Å². The van der Waals surface area contributed by atoms with Gasteiger partial charge in [0.15, 0.2) is 5.82 Å². The molecule has 2 aliphatic heterocycles. The van der Waals surface area contributed by atoms with Crippen LogP contribution in [0.2, 0.25) is 0 Å². The van der Waals surface area contributed by atoms with Crippen molar-refractivity contribution >= 4 is 5.91 Å². The van der Waals surface area contributed by atoms with Crippen molar-refractivity contribution in [1.82, 2.24) is 24.8 Å². The summed E-state index contributed by atoms with van der Waals surface area (Å²) in [4.78, 5) is 23.8. The Bertz CT molecular complexity index is 561. The molecule has 3 rings (SSSR count). The fourth-order valence-corrected chi connectivity index (χ4v) is 3.99. The van der Waals surface area contributed by atoms with Crippen LogP contribution in [-0.4, -0.2) is 76.1 Å². The number of hydrogen-bond donors (Lipinski definition) is 0. The van der Waals surface area contributed by atoms with Gasteiger partial charge in [0.25, 0.3) is 0 Å². The van der Waals surface area contributed by atoms with Crippen molar-refractivity contribution in [3.05, 3.63) is 11.7 Å². The Hall–Kier alpha value is -1.47. The summed E-state index contributed by atoms with van der Waals surface area (Å²) in [5.41, 5.74) is 0. The Kier molecular flexibility index (Phi) is 6.42. The average Bonchev–Trinajstić information content (AvgIpc) is 2.88. The first-order valence-electron chi connectivity index (χ1n) is 9.69. The van der Waals surface area contributed by atoms with E-state index in [9.17, 15) is 4.79 Å². The van der Waals surface area contributed by atoms with E-state index < -0.39 is 0 Å². The Labute approximate surface area is 150 Å². The minimum atomic E-state index is 0.289. The third kappa shape index (κ3) is 5.01. The second kappa shape index (κ2) is 8.76. The van der Waals surface area contributed by atoms with E-state index in [-0.39, 0.29) is 5.91 Å². The largest absolute Gasteiger partial charge is 0.340 e. The summed E-state index contributed by atoms with van der Waals surface area (Å²) in [6.07, 6.45) is 5.91. The number of rotatable bonds is 5. The number of piperidine rings is 1. The Morgan fingerprint density at radius 3 is 2.80 bits per heavy atom. The molecular formula is C18H31N5O2. The lowest BCUT2D eigenvalue weighted by Crippen LogP contribution is -2.47. The normalized spacial score (nSPS) is 23.6. The maximum absolute atomic E-state index is 12.8. The molecule has 1 atom stereocenters. The molecule has 1 aromatic rings. The van der Waals surface area contributed by atoms with Crippen LogP contribution in [0.25, 0.3) is 0 Å². The van der Waals surface area contributed by atoms with Crippen molar-refractivity contribution in [2.45, 2.75) is 58.5 Å². The van der Waals surface area contributed by atoms with Gasteiger partial charge in [-0.25, -0.2) is 0 Å². The lowest BCUT2D eigenvalue weighted by Gasteiger charge is -2.36. The zero-order chi connectivity index (χ0) is 17.6. The van der Waals surface area contributed by atoms with Crippen LogP contribution >= 0.6 is 0 Å². The van der Waals surface area contributed by atoms with Crippen LogP contribution in [0.5, 0.6) is 0 Å². The lowest BCUT2D eigenvalue weighted by atomic mass is 10.00. The Balaban J connectivity index is 1.49. The first-order chi connectivity index (χ1) is 12.2. The highest BCUT2D eigenvalue weighted by atomic mass is 16.5. The van der Waals surface area contributed by atoms with Gasteiger partial charge in [0.2, 0.25) is 11.8 Å². The van der Waals surface area contributed by atoms with E-state index in [1.54, 1.807) is 0 Å². The highest BCUT2D eigenvalue weighted by Crippen LogP contribution is 2.19. The van der Waals surface area contributed by atoms with Gasteiger partial charge in [-0.05, 0) is 32.2 Å². The Morgan fingerprint density at radius 2 is 2.04 bits per heavy atom. The monoisotopic (exact) mass is 349 g/mol. The van der Waals surface area contributed by atoms with Crippen molar-refractivity contribution in [3.8, 4) is 0 Å². The predicted molar refractivity (Wildman–Crippen MR) is 95.0 cm³/mol. The van der Waals surface area contributed by atoms with Crippen molar-refractivity contribution in [3.63, 3.8) is 0 Å². The van der Waals surface area contributed by atoms with Crippen molar-refractivity contribution < 1.29 is 9.32 Å². The number of carbonyl (C=O) groups excluding carboxylic acids is 1. The number of amides is 1. The molecule has 1 amide bonds. The third-order valence-corrected chi connectivity index (χ3v) is 5.43. The molecule has 3 heterocycles. The minimum Gasteiger partial charge on any atom is -0.340 e. The highest BCUT2D eigenvalue weighted by Gasteiger charge is 2.26. The molecule has 2 saturated heterocycles. The standard InChI is InChI=1S/C18H31N5O2/c1-3-16-7-4-5-9-23(16)14-18(24)22-10-6-8-21(11-12-22)13-17-19-15(2)25-20-17/h16H,3-14H2,1-2H3. The van der Waals surface area contributed by atoms with Crippen LogP contribution in [0.1, 0.15) is 50.7 Å². The molecule has 0 radical (unpaired) electrons. The number of hydrogen-bond acceptors (Lipinski definition) is 6. The van der Waals surface area contributed by atoms with E-state index in [1.807, 2.05) is 11.8 Å². The van der Waals surface area contributed by atoms with Gasteiger partial charge in [0.05, 0.1) is 13.1 Å². The molecule has 2 aliphatic rings. The lowest BCUT2D eigenvalue weighted by molar-refractivity contribution is -0.133. The molecule has 0 bridgehead atoms. The third-order valence-electron chi connectivity index (χ3n) is 5.43. The molecule has 0 N–H and O–H groups in total. The van der Waals surface area contributed by atoms with E-state index >= 15 is 0 Å². The van der Waals surface area contributed by atoms with Crippen LogP contribution < -0.4 is 0 Å². The molecule has 1 aromatic heterocycles. The fourth-order valence-electron chi connectivity index (χ4n) is 3.99. The summed E-state index contributed by atoms with van der Waals surface area (Å²) < 4.78 is 5.04. The van der Waals surface area contributed by atoms with Gasteiger partial charge < -0.3 is 9.42 Å². The van der Waals surface area contributed by atoms with Gasteiger partial charge in [0.1, 0.15) is 0 Å². The topological polar surface area (TPSA) is 65.7 Å². The number of nitrogens with zero attached hydrogens (tertiary/aromatic N) is 5. The van der Waals surface area contributed by atoms with Crippen molar-refractivity contribution in [2.24, 2.45) is 0 Å². The average molecular weight is 349 g/mol. The summed E-state index contributed by atoms with van der Waals surface area (Å²) in [6, 6.07) is 0.586. The second-order valence-electron chi connectivity index (χ2n) is 7.27. The molecule has 0 spiro atoms. The molecule has 7 nitrogen and oxygen atoms in total. The highest BCUT2D eigenvalue weighted by molar-refractivity contribution is 5.78. The van der Waals surface area contributed by atoms with Crippen LogP contribution in [-0.2, 0) is 11.3 Å². The second-order valence-corrected chi connectivity index (χ2v) is 7.27. The first kappa shape index (κ1) is 18.3. The van der Waals surface area contributed by atoms with Crippen molar-refractivity contribution in [2.75, 3.05) is 39.3 Å². The zero-order valence-corrected chi connectivity index (χ0v) is 15.6. The summed E-state index contributed by atoms with van der Waals surface area (Å²) in [6.45, 7) is 9.88. The summed E-state index contributed by atoms with van der Waals surface area (Å²) in [5.74, 6) is 1.63. The number of aryl methyl sites for hydroxylation is 1. The molecule has 0 saturated carbocycles. The van der Waals surface area contributed by atoms with Crippen LogP contribution in [0, 0.1) is 6.92 Å². The SMILES string of the molecule is CCC1CCCCN1CC(=O)N1CCCN(Cc2noc(C)n2)CC1. The Morgan fingerprint density at radius 1 is 1.16 bits per heavy atom. The summed E-state index contributed by atoms with van der Waals surface area (Å²) >= 11 is 0. The summed E-state index contributed by atoms with van der Waals surface area (Å²) in [7, 11) is 0. The van der Waals surface area contributed by atoms with Gasteiger partial charge in [-0.2, -0.15) is 4.98 Å². The summed E-state index contributed by atoms with van der Waals surface area (Å²) in [5, 5.41) is 3.97. The minimum absolute atomic E-state index is 0.289. The molecule has 1 unspecified atom stereocenters. The fraction of sp³-hybridized carbons (Fsp3) is 0.833. The molecule has 0 aliphatic carbocycles. The molecule has 0 aromatic carbocycles. The quantitative estimate of drug-likeness (QED) is 0.806. The molecule has 140 valence electrons. The number of likely N-dealkylation sites (tertiary alicyclic amines) is 1. The zero-order valence-electron chi connectivity index (χ0n) is 15.6. The maximum atomic E-state index is 12.8. The number of carbonyl (C=O) groups is 1. The molecule has 2 fully saturated rings. The van der Waals surface area contributed by atoms with Gasteiger partial charge in [0, 0.05) is 39.1 Å². The van der Waals surface area contributed by atoms with E-state index in [0.29, 0.717) is 25.0 Å².